The molecule has 0 aromatic carbocycles. The van der Waals surface area contributed by atoms with E-state index in [-0.39, 0.29) is 0 Å². The Morgan fingerprint density at radius 2 is 0.345 bits per heavy atom. The van der Waals surface area contributed by atoms with Crippen LogP contribution in [0.1, 0.15) is 0 Å². The van der Waals surface area contributed by atoms with Gasteiger partial charge in [0.25, 0.3) is 0 Å². The van der Waals surface area contributed by atoms with Crippen LogP contribution in [-0.4, -0.2) is 58.8 Å². The van der Waals surface area contributed by atoms with Gasteiger partial charge in [0.05, 0.1) is 0 Å². The molecule has 0 heterocycles. The molecule has 0 unspecified atom stereocenters. The molecular weight excluding hydrogens is 595 g/mol. The normalized spacial score (nSPS) is 17.0. The standard InChI is InChI=1S/4C2F5.Sn/c4*3-1(4)2(5,6)7;. The van der Waals surface area contributed by atoms with E-state index in [1.165, 1.54) is 0 Å². The molecule has 0 saturated heterocycles. The molecule has 0 fully saturated rings. The summed E-state index contributed by atoms with van der Waals surface area (Å²) in [6, 6.07) is 0. The van der Waals surface area contributed by atoms with E-state index in [2.05, 4.69) is 0 Å². The predicted molar refractivity (Wildman–Crippen MR) is 49.8 cm³/mol. The molecule has 0 saturated carbocycles. The van der Waals surface area contributed by atoms with Gasteiger partial charge in [-0.25, -0.2) is 0 Å². The second-order valence-electron chi connectivity index (χ2n) is 5.04. The summed E-state index contributed by atoms with van der Waals surface area (Å²) in [4.78, 5) is 0. The molecule has 0 amide bonds. The van der Waals surface area contributed by atoms with Gasteiger partial charge in [-0.2, -0.15) is 0 Å². The minimum atomic E-state index is -13.2. The van der Waals surface area contributed by atoms with Crippen molar-refractivity contribution < 1.29 is 87.8 Å². The molecule has 0 aromatic heterocycles. The molecular formula is C8F20Sn. The quantitative estimate of drug-likeness (QED) is 0.262. The van der Waals surface area contributed by atoms with E-state index < -0.39 is 58.8 Å². The third kappa shape index (κ3) is 3.47. The SMILES string of the molecule is FC(F)(F)[C](F)(F)[Sn]([C](F)(F)C(F)(F)F)([C](F)(F)C(F)(F)F)[C](F)(F)C(F)(F)F. The molecule has 0 nitrogen and oxygen atoms in total. The van der Waals surface area contributed by atoms with Crippen LogP contribution < -0.4 is 0 Å². The molecule has 0 radical (unpaired) electrons. The average molecular weight is 595 g/mol. The van der Waals surface area contributed by atoms with Crippen molar-refractivity contribution in [1.29, 1.82) is 0 Å². The Balaban J connectivity index is 8.26. The van der Waals surface area contributed by atoms with Crippen LogP contribution in [0.25, 0.3) is 0 Å². The summed E-state index contributed by atoms with van der Waals surface area (Å²) in [5.41, 5.74) is 0. The fourth-order valence-electron chi connectivity index (χ4n) is 2.03. The van der Waals surface area contributed by atoms with Gasteiger partial charge in [-0.05, 0) is 0 Å². The maximum atomic E-state index is 13.4. The van der Waals surface area contributed by atoms with Crippen LogP contribution in [0.4, 0.5) is 87.8 Å². The topological polar surface area (TPSA) is 0 Å². The number of alkyl halides is 20. The minimum absolute atomic E-state index is 8.53. The first-order valence-corrected chi connectivity index (χ1v) is 11.5. The first-order valence-electron chi connectivity index (χ1n) is 5.78. The molecule has 176 valence electrons. The van der Waals surface area contributed by atoms with Crippen LogP contribution in [0.5, 0.6) is 0 Å². The van der Waals surface area contributed by atoms with Crippen molar-refractivity contribution in [1.82, 2.24) is 0 Å². The fraction of sp³-hybridized carbons (Fsp3) is 1.00. The van der Waals surface area contributed by atoms with E-state index in [1.54, 1.807) is 0 Å². The molecule has 21 heteroatoms. The van der Waals surface area contributed by atoms with Gasteiger partial charge in [0, 0.05) is 0 Å². The zero-order valence-electron chi connectivity index (χ0n) is 12.1. The van der Waals surface area contributed by atoms with Crippen LogP contribution in [0.3, 0.4) is 0 Å². The number of rotatable bonds is 4. The Kier molecular flexibility index (Phi) is 6.56. The molecule has 0 N–H and O–H groups in total. The van der Waals surface area contributed by atoms with Crippen LogP contribution in [-0.2, 0) is 0 Å². The second-order valence-corrected chi connectivity index (χ2v) is 16.5. The number of hydrogen-bond donors (Lipinski definition) is 0. The van der Waals surface area contributed by atoms with Crippen LogP contribution in [0, 0.1) is 0 Å². The van der Waals surface area contributed by atoms with E-state index in [0.29, 0.717) is 0 Å². The Morgan fingerprint density at radius 1 is 0.241 bits per heavy atom. The van der Waals surface area contributed by atoms with Crippen LogP contribution >= 0.6 is 0 Å². The van der Waals surface area contributed by atoms with Gasteiger partial charge in [-0.15, -0.1) is 0 Å². The van der Waals surface area contributed by atoms with Gasteiger partial charge in [-0.3, -0.25) is 0 Å². The Morgan fingerprint density at radius 3 is 0.414 bits per heavy atom. The predicted octanol–water partition coefficient (Wildman–Crippen LogP) is 6.38. The van der Waals surface area contributed by atoms with Crippen LogP contribution in [0.2, 0.25) is 0 Å². The monoisotopic (exact) mass is 596 g/mol. The summed E-state index contributed by atoms with van der Waals surface area (Å²) in [7, 11) is 0. The maximum absolute atomic E-state index is 13.4. The van der Waals surface area contributed by atoms with Crippen molar-refractivity contribution in [2.75, 3.05) is 0 Å². The summed E-state index contributed by atoms with van der Waals surface area (Å²) in [6.07, 6.45) is -34.1. The molecule has 0 spiro atoms. The van der Waals surface area contributed by atoms with Crippen molar-refractivity contribution >= 4 is 18.4 Å². The van der Waals surface area contributed by atoms with Gasteiger partial charge in [0.15, 0.2) is 0 Å². The van der Waals surface area contributed by atoms with Gasteiger partial charge < -0.3 is 0 Å². The molecule has 0 aliphatic heterocycles. The average Bonchev–Trinajstić information content (AvgIpc) is 2.31. The van der Waals surface area contributed by atoms with E-state index in [1.807, 2.05) is 0 Å². The van der Waals surface area contributed by atoms with Crippen LogP contribution in [0.15, 0.2) is 0 Å². The molecule has 29 heavy (non-hydrogen) atoms. The fourth-order valence-corrected chi connectivity index (χ4v) is 13.6. The molecule has 0 atom stereocenters. The van der Waals surface area contributed by atoms with E-state index in [0.717, 1.165) is 0 Å². The number of halogens is 20. The van der Waals surface area contributed by atoms with Gasteiger partial charge in [0.1, 0.15) is 0 Å². The van der Waals surface area contributed by atoms with Crippen molar-refractivity contribution in [2.45, 2.75) is 40.5 Å². The molecule has 0 aliphatic rings. The first kappa shape index (κ1) is 28.4. The van der Waals surface area contributed by atoms with Crippen molar-refractivity contribution in [3.63, 3.8) is 0 Å². The summed E-state index contributed by atoms with van der Waals surface area (Å²) >= 11 is -13.2. The first-order chi connectivity index (χ1) is 12.0. The third-order valence-corrected chi connectivity index (χ3v) is 17.3. The van der Waals surface area contributed by atoms with Gasteiger partial charge in [-0.1, -0.05) is 0 Å². The Hall–Kier alpha value is -0.601. The molecule has 0 aromatic rings. The zero-order valence-corrected chi connectivity index (χ0v) is 14.9. The summed E-state index contributed by atoms with van der Waals surface area (Å²) in [5.74, 6) is 0. The van der Waals surface area contributed by atoms with Crippen molar-refractivity contribution in [2.24, 2.45) is 0 Å². The van der Waals surface area contributed by atoms with E-state index in [4.69, 9.17) is 0 Å². The van der Waals surface area contributed by atoms with E-state index in [9.17, 15) is 87.8 Å². The van der Waals surface area contributed by atoms with Gasteiger partial charge in [0.2, 0.25) is 0 Å². The van der Waals surface area contributed by atoms with Crippen molar-refractivity contribution in [3.8, 4) is 0 Å². The Labute approximate surface area is 147 Å². The summed E-state index contributed by atoms with van der Waals surface area (Å²) in [6.45, 7) is 0. The third-order valence-electron chi connectivity index (χ3n) is 3.31. The summed E-state index contributed by atoms with van der Waals surface area (Å²) in [5, 5.41) is 0. The van der Waals surface area contributed by atoms with Crippen molar-refractivity contribution in [3.05, 3.63) is 0 Å². The van der Waals surface area contributed by atoms with Gasteiger partial charge >= 0.3 is 147 Å². The number of hydrogen-bond acceptors (Lipinski definition) is 0. The summed E-state index contributed by atoms with van der Waals surface area (Å²) < 4.78 is 218. The molecule has 0 bridgehead atoms. The zero-order chi connectivity index (χ0) is 24.5. The Bertz CT molecular complexity index is 486. The van der Waals surface area contributed by atoms with E-state index >= 15 is 0 Å². The second kappa shape index (κ2) is 6.70. The molecule has 0 rings (SSSR count). The molecule has 0 aliphatic carbocycles.